The van der Waals surface area contributed by atoms with E-state index in [-0.39, 0.29) is 5.56 Å². The fourth-order valence-corrected chi connectivity index (χ4v) is 2.79. The van der Waals surface area contributed by atoms with Crippen molar-refractivity contribution in [3.8, 4) is 18.2 Å². The number of anilines is 1. The van der Waals surface area contributed by atoms with Crippen molar-refractivity contribution >= 4 is 16.8 Å². The van der Waals surface area contributed by atoms with Crippen LogP contribution in [0.4, 0.5) is 23.2 Å². The third-order valence-electron chi connectivity index (χ3n) is 4.07. The third kappa shape index (κ3) is 3.26. The summed E-state index contributed by atoms with van der Waals surface area (Å²) in [4.78, 5) is 1.78. The summed E-state index contributed by atoms with van der Waals surface area (Å²) in [5.41, 5.74) is -0.248. The Morgan fingerprint density at radius 2 is 1.32 bits per heavy atom. The first-order chi connectivity index (χ1) is 13.2. The topological polar surface area (TPSA) is 74.6 Å². The molecule has 28 heavy (non-hydrogen) atoms. The summed E-state index contributed by atoms with van der Waals surface area (Å²) >= 11 is 0. The van der Waals surface area contributed by atoms with Crippen molar-refractivity contribution in [1.82, 2.24) is 0 Å². The molecule has 8 heteroatoms. The highest BCUT2D eigenvalue weighted by atomic mass is 19.2. The Kier molecular flexibility index (Phi) is 5.72. The molecular formula is C20H12F4N4. The molecule has 0 spiro atoms. The molecule has 0 aliphatic carbocycles. The molecule has 0 saturated carbocycles. The normalized spacial score (nSPS) is 9.86. The van der Waals surface area contributed by atoms with Crippen LogP contribution < -0.4 is 15.3 Å². The molecule has 0 aromatic heterocycles. The van der Waals surface area contributed by atoms with Gasteiger partial charge < -0.3 is 4.90 Å². The van der Waals surface area contributed by atoms with Crippen molar-refractivity contribution in [3.63, 3.8) is 0 Å². The van der Waals surface area contributed by atoms with E-state index in [1.54, 1.807) is 38.1 Å². The molecule has 140 valence electrons. The number of hydrogen-bond donors (Lipinski definition) is 0. The fraction of sp³-hybridized carbons (Fsp3) is 0.150. The molecule has 2 rings (SSSR count). The van der Waals surface area contributed by atoms with E-state index in [0.717, 1.165) is 5.69 Å². The summed E-state index contributed by atoms with van der Waals surface area (Å²) in [5.74, 6) is -7.55. The molecule has 0 unspecified atom stereocenters. The van der Waals surface area contributed by atoms with Crippen molar-refractivity contribution in [2.45, 2.75) is 6.92 Å². The number of aryl methyl sites for hydroxylation is 1. The number of hydrogen-bond acceptors (Lipinski definition) is 4. The van der Waals surface area contributed by atoms with Crippen molar-refractivity contribution in [1.29, 1.82) is 15.8 Å². The van der Waals surface area contributed by atoms with Gasteiger partial charge >= 0.3 is 0 Å². The van der Waals surface area contributed by atoms with E-state index in [1.807, 2.05) is 0 Å². The summed E-state index contributed by atoms with van der Waals surface area (Å²) in [6, 6.07) is 8.40. The molecule has 0 fully saturated rings. The second-order valence-corrected chi connectivity index (χ2v) is 5.99. The average molecular weight is 384 g/mol. The number of benzene rings is 2. The van der Waals surface area contributed by atoms with Gasteiger partial charge in [-0.15, -0.1) is 0 Å². The molecule has 2 aromatic rings. The molecule has 0 N–H and O–H groups in total. The average Bonchev–Trinajstić information content (AvgIpc) is 2.66. The van der Waals surface area contributed by atoms with Gasteiger partial charge in [0, 0.05) is 19.8 Å². The highest BCUT2D eigenvalue weighted by molar-refractivity contribution is 5.79. The molecule has 0 saturated heterocycles. The van der Waals surface area contributed by atoms with Gasteiger partial charge in [0.05, 0.1) is 16.0 Å². The third-order valence-corrected chi connectivity index (χ3v) is 4.07. The molecule has 0 heterocycles. The molecule has 0 amide bonds. The van der Waals surface area contributed by atoms with Crippen LogP contribution in [-0.2, 0) is 0 Å². The summed E-state index contributed by atoms with van der Waals surface area (Å²) < 4.78 is 57.9. The number of rotatable bonds is 2. The monoisotopic (exact) mass is 384 g/mol. The SMILES string of the molecule is Cc1cc(C(C#N)=c2c(F)c(F)c(=C(C#N)C#N)c(F)c2F)ccc1N(C)C. The zero-order valence-electron chi connectivity index (χ0n) is 15.0. The van der Waals surface area contributed by atoms with Gasteiger partial charge in [0.2, 0.25) is 0 Å². The standard InChI is InChI=1S/C20H12F4N4/c1-10-6-11(4-5-14(10)28(2)3)13(9-27)16-19(23)17(21)15(12(7-25)8-26)18(22)20(16)24/h4-6H,1-3H3. The van der Waals surface area contributed by atoms with Crippen LogP contribution >= 0.6 is 0 Å². The van der Waals surface area contributed by atoms with Crippen LogP contribution in [0.1, 0.15) is 11.1 Å². The van der Waals surface area contributed by atoms with Gasteiger partial charge in [0.25, 0.3) is 0 Å². The largest absolute Gasteiger partial charge is 0.377 e. The Morgan fingerprint density at radius 1 is 0.821 bits per heavy atom. The minimum absolute atomic E-state index is 0.0553. The van der Waals surface area contributed by atoms with Gasteiger partial charge in [0.1, 0.15) is 23.8 Å². The Bertz CT molecular complexity index is 1170. The lowest BCUT2D eigenvalue weighted by molar-refractivity contribution is 0.434. The predicted octanol–water partition coefficient (Wildman–Crippen LogP) is 2.54. The van der Waals surface area contributed by atoms with E-state index < -0.39 is 44.9 Å². The van der Waals surface area contributed by atoms with E-state index >= 15 is 0 Å². The first-order valence-electron chi connectivity index (χ1n) is 7.78. The summed E-state index contributed by atoms with van der Waals surface area (Å²) in [6.07, 6.45) is 0. The lowest BCUT2D eigenvalue weighted by Crippen LogP contribution is -2.31. The highest BCUT2D eigenvalue weighted by Crippen LogP contribution is 2.22. The molecule has 0 aliphatic rings. The van der Waals surface area contributed by atoms with Crippen LogP contribution in [0.25, 0.3) is 11.1 Å². The molecule has 2 aromatic carbocycles. The van der Waals surface area contributed by atoms with Crippen molar-refractivity contribution < 1.29 is 17.6 Å². The quantitative estimate of drug-likeness (QED) is 0.589. The van der Waals surface area contributed by atoms with Crippen molar-refractivity contribution in [3.05, 3.63) is 63.0 Å². The Hall–Kier alpha value is -3.83. The molecule has 0 radical (unpaired) electrons. The second-order valence-electron chi connectivity index (χ2n) is 5.99. The fourth-order valence-electron chi connectivity index (χ4n) is 2.79. The minimum atomic E-state index is -1.92. The van der Waals surface area contributed by atoms with E-state index in [0.29, 0.717) is 5.56 Å². The maximum absolute atomic E-state index is 14.6. The first kappa shape index (κ1) is 20.5. The molecule has 0 atom stereocenters. The van der Waals surface area contributed by atoms with Crippen LogP contribution in [0.2, 0.25) is 0 Å². The number of nitrogens with zero attached hydrogens (tertiary/aromatic N) is 4. The maximum atomic E-state index is 14.6. The lowest BCUT2D eigenvalue weighted by Gasteiger charge is -2.16. The van der Waals surface area contributed by atoms with E-state index in [2.05, 4.69) is 0 Å². The summed E-state index contributed by atoms with van der Waals surface area (Å²) in [7, 11) is 3.55. The molecule has 4 nitrogen and oxygen atoms in total. The van der Waals surface area contributed by atoms with Gasteiger partial charge in [-0.2, -0.15) is 15.8 Å². The summed E-state index contributed by atoms with van der Waals surface area (Å²) in [6.45, 7) is 1.70. The van der Waals surface area contributed by atoms with Crippen LogP contribution in [0.15, 0.2) is 18.2 Å². The van der Waals surface area contributed by atoms with E-state index in [9.17, 15) is 22.8 Å². The maximum Gasteiger partial charge on any atom is 0.171 e. The van der Waals surface area contributed by atoms with Crippen LogP contribution in [-0.4, -0.2) is 14.1 Å². The van der Waals surface area contributed by atoms with E-state index in [4.69, 9.17) is 10.5 Å². The zero-order chi connectivity index (χ0) is 21.2. The Balaban J connectivity index is 3.06. The van der Waals surface area contributed by atoms with Gasteiger partial charge in [-0.25, -0.2) is 17.6 Å². The van der Waals surface area contributed by atoms with Gasteiger partial charge in [0.15, 0.2) is 23.3 Å². The highest BCUT2D eigenvalue weighted by Gasteiger charge is 2.23. The van der Waals surface area contributed by atoms with Gasteiger partial charge in [-0.1, -0.05) is 6.07 Å². The Morgan fingerprint density at radius 3 is 1.71 bits per heavy atom. The number of nitriles is 3. The zero-order valence-corrected chi connectivity index (χ0v) is 15.0. The number of halogens is 4. The smallest absolute Gasteiger partial charge is 0.171 e. The van der Waals surface area contributed by atoms with Gasteiger partial charge in [-0.3, -0.25) is 0 Å². The van der Waals surface area contributed by atoms with Gasteiger partial charge in [-0.05, 0) is 30.2 Å². The van der Waals surface area contributed by atoms with Crippen LogP contribution in [0, 0.1) is 64.2 Å². The van der Waals surface area contributed by atoms with Crippen molar-refractivity contribution in [2.24, 2.45) is 0 Å². The summed E-state index contributed by atoms with van der Waals surface area (Å²) in [5, 5.41) is 24.3. The van der Waals surface area contributed by atoms with E-state index in [1.165, 1.54) is 24.3 Å². The molecule has 0 aliphatic heterocycles. The molecule has 0 bridgehead atoms. The predicted molar refractivity (Wildman–Crippen MR) is 93.8 cm³/mol. The van der Waals surface area contributed by atoms with Crippen molar-refractivity contribution in [2.75, 3.05) is 19.0 Å². The lowest BCUT2D eigenvalue weighted by atomic mass is 9.99. The Labute approximate surface area is 158 Å². The van der Waals surface area contributed by atoms with Crippen LogP contribution in [0.3, 0.4) is 0 Å². The minimum Gasteiger partial charge on any atom is -0.377 e. The first-order valence-corrected chi connectivity index (χ1v) is 7.78. The van der Waals surface area contributed by atoms with Crippen LogP contribution in [0.5, 0.6) is 0 Å². The molecular weight excluding hydrogens is 372 g/mol. The second kappa shape index (κ2) is 7.82.